The van der Waals surface area contributed by atoms with E-state index in [0.29, 0.717) is 24.6 Å². The second-order valence-electron chi connectivity index (χ2n) is 6.98. The summed E-state index contributed by atoms with van der Waals surface area (Å²) in [6.07, 6.45) is 3.46. The van der Waals surface area contributed by atoms with Crippen LogP contribution in [0.3, 0.4) is 0 Å². The Balaban J connectivity index is 1.61. The number of rotatable bonds is 3. The van der Waals surface area contributed by atoms with Crippen molar-refractivity contribution in [2.24, 2.45) is 0 Å². The summed E-state index contributed by atoms with van der Waals surface area (Å²) in [6.45, 7) is 1.56. The normalized spacial score (nSPS) is 21.0. The van der Waals surface area contributed by atoms with Crippen molar-refractivity contribution in [1.29, 1.82) is 0 Å². The van der Waals surface area contributed by atoms with Crippen LogP contribution in [0.25, 0.3) is 0 Å². The molecule has 1 fully saturated rings. The van der Waals surface area contributed by atoms with Crippen molar-refractivity contribution in [2.75, 3.05) is 19.7 Å². The van der Waals surface area contributed by atoms with Gasteiger partial charge in [0.1, 0.15) is 11.6 Å². The zero-order chi connectivity index (χ0) is 18.1. The molecule has 6 heteroatoms. The number of nitrogens with zero attached hydrogens (tertiary/aromatic N) is 1. The van der Waals surface area contributed by atoms with Gasteiger partial charge in [-0.3, -0.25) is 0 Å². The van der Waals surface area contributed by atoms with Gasteiger partial charge >= 0.3 is 0 Å². The Morgan fingerprint density at radius 1 is 1.08 bits per heavy atom. The third kappa shape index (κ3) is 3.35. The van der Waals surface area contributed by atoms with Crippen LogP contribution in [-0.2, 0) is 16.4 Å². The molecule has 1 atom stereocenters. The van der Waals surface area contributed by atoms with Gasteiger partial charge in [0.2, 0.25) is 10.0 Å². The second-order valence-corrected chi connectivity index (χ2v) is 8.91. The van der Waals surface area contributed by atoms with Crippen LogP contribution in [0.2, 0.25) is 0 Å². The highest BCUT2D eigenvalue weighted by molar-refractivity contribution is 7.89. The average Bonchev–Trinajstić information content (AvgIpc) is 2.96. The Morgan fingerprint density at radius 3 is 2.69 bits per heavy atom. The van der Waals surface area contributed by atoms with Gasteiger partial charge in [-0.25, -0.2) is 12.8 Å². The molecule has 2 aliphatic heterocycles. The minimum absolute atomic E-state index is 0.0886. The van der Waals surface area contributed by atoms with Crippen LogP contribution in [0.5, 0.6) is 5.75 Å². The molecule has 26 heavy (non-hydrogen) atoms. The van der Waals surface area contributed by atoms with Gasteiger partial charge in [-0.1, -0.05) is 18.6 Å². The van der Waals surface area contributed by atoms with E-state index < -0.39 is 10.0 Å². The minimum Gasteiger partial charge on any atom is -0.493 e. The smallest absolute Gasteiger partial charge is 0.243 e. The van der Waals surface area contributed by atoms with E-state index >= 15 is 0 Å². The maximum atomic E-state index is 13.2. The second kappa shape index (κ2) is 7.00. The van der Waals surface area contributed by atoms with Gasteiger partial charge in [-0.15, -0.1) is 0 Å². The standard InChI is InChI=1S/C20H22FNO3S/c21-18-6-4-15(5-7-18)17-3-1-2-11-22(14-17)26(23,24)19-8-9-20-16(13-19)10-12-25-20/h4-9,13,17H,1-3,10-12,14H2. The summed E-state index contributed by atoms with van der Waals surface area (Å²) in [5, 5.41) is 0. The highest BCUT2D eigenvalue weighted by Gasteiger charge is 2.30. The first-order chi connectivity index (χ1) is 12.5. The molecule has 2 aromatic rings. The highest BCUT2D eigenvalue weighted by Crippen LogP contribution is 2.32. The molecule has 1 saturated heterocycles. The van der Waals surface area contributed by atoms with E-state index in [-0.39, 0.29) is 11.7 Å². The van der Waals surface area contributed by atoms with Gasteiger partial charge in [-0.05, 0) is 60.2 Å². The Labute approximate surface area is 153 Å². The third-order valence-corrected chi connectivity index (χ3v) is 7.14. The zero-order valence-electron chi connectivity index (χ0n) is 14.5. The number of hydrogen-bond donors (Lipinski definition) is 0. The lowest BCUT2D eigenvalue weighted by molar-refractivity contribution is 0.356. The van der Waals surface area contributed by atoms with Crippen molar-refractivity contribution in [3.8, 4) is 5.75 Å². The molecular formula is C20H22FNO3S. The first kappa shape index (κ1) is 17.5. The van der Waals surface area contributed by atoms with Crippen molar-refractivity contribution in [3.05, 3.63) is 59.4 Å². The summed E-state index contributed by atoms with van der Waals surface area (Å²) >= 11 is 0. The topological polar surface area (TPSA) is 46.6 Å². The van der Waals surface area contributed by atoms with Crippen molar-refractivity contribution in [3.63, 3.8) is 0 Å². The van der Waals surface area contributed by atoms with Gasteiger partial charge in [0, 0.05) is 19.5 Å². The molecule has 0 aliphatic carbocycles. The van der Waals surface area contributed by atoms with E-state index in [9.17, 15) is 12.8 Å². The Morgan fingerprint density at radius 2 is 1.88 bits per heavy atom. The number of fused-ring (bicyclic) bond motifs is 1. The van der Waals surface area contributed by atoms with Crippen LogP contribution >= 0.6 is 0 Å². The summed E-state index contributed by atoms with van der Waals surface area (Å²) in [7, 11) is -3.55. The van der Waals surface area contributed by atoms with Crippen molar-refractivity contribution in [1.82, 2.24) is 4.31 Å². The molecule has 0 aromatic heterocycles. The molecule has 1 unspecified atom stereocenters. The SMILES string of the molecule is O=S(=O)(c1ccc2c(c1)CCO2)N1CCCCC(c2ccc(F)cc2)C1. The fourth-order valence-corrected chi connectivity index (χ4v) is 5.38. The molecular weight excluding hydrogens is 353 g/mol. The van der Waals surface area contributed by atoms with Crippen LogP contribution in [0.15, 0.2) is 47.4 Å². The van der Waals surface area contributed by atoms with E-state index in [0.717, 1.165) is 42.6 Å². The monoisotopic (exact) mass is 375 g/mol. The lowest BCUT2D eigenvalue weighted by atomic mass is 9.95. The minimum atomic E-state index is -3.55. The zero-order valence-corrected chi connectivity index (χ0v) is 15.3. The highest BCUT2D eigenvalue weighted by atomic mass is 32.2. The number of halogens is 1. The van der Waals surface area contributed by atoms with E-state index in [2.05, 4.69) is 0 Å². The van der Waals surface area contributed by atoms with Crippen LogP contribution < -0.4 is 4.74 Å². The Kier molecular flexibility index (Phi) is 4.71. The quantitative estimate of drug-likeness (QED) is 0.821. The Bertz CT molecular complexity index is 896. The summed E-state index contributed by atoms with van der Waals surface area (Å²) in [5.41, 5.74) is 1.95. The van der Waals surface area contributed by atoms with Gasteiger partial charge in [-0.2, -0.15) is 4.31 Å². The van der Waals surface area contributed by atoms with Gasteiger partial charge < -0.3 is 4.74 Å². The number of sulfonamides is 1. The largest absolute Gasteiger partial charge is 0.493 e. The molecule has 138 valence electrons. The summed E-state index contributed by atoms with van der Waals surface area (Å²) in [5.74, 6) is 0.599. The van der Waals surface area contributed by atoms with Crippen molar-refractivity contribution >= 4 is 10.0 Å². The molecule has 0 saturated carbocycles. The van der Waals surface area contributed by atoms with E-state index in [1.807, 2.05) is 0 Å². The molecule has 0 bridgehead atoms. The summed E-state index contributed by atoms with van der Waals surface area (Å²) in [6, 6.07) is 11.6. The van der Waals surface area contributed by atoms with E-state index in [1.165, 1.54) is 12.1 Å². The first-order valence-corrected chi connectivity index (χ1v) is 10.5. The summed E-state index contributed by atoms with van der Waals surface area (Å²) in [4.78, 5) is 0.335. The number of ether oxygens (including phenoxy) is 1. The van der Waals surface area contributed by atoms with Gasteiger partial charge in [0.25, 0.3) is 0 Å². The predicted molar refractivity (Wildman–Crippen MR) is 97.4 cm³/mol. The molecule has 2 heterocycles. The molecule has 2 aromatic carbocycles. The lowest BCUT2D eigenvalue weighted by Gasteiger charge is -2.24. The van der Waals surface area contributed by atoms with Gasteiger partial charge in [0.05, 0.1) is 11.5 Å². The fourth-order valence-electron chi connectivity index (χ4n) is 3.81. The van der Waals surface area contributed by atoms with Gasteiger partial charge in [0.15, 0.2) is 0 Å². The molecule has 4 nitrogen and oxygen atoms in total. The number of hydrogen-bond acceptors (Lipinski definition) is 3. The Hall–Kier alpha value is -1.92. The van der Waals surface area contributed by atoms with Crippen molar-refractivity contribution < 1.29 is 17.5 Å². The van der Waals surface area contributed by atoms with Crippen LogP contribution in [0.4, 0.5) is 4.39 Å². The molecule has 4 rings (SSSR count). The molecule has 2 aliphatic rings. The summed E-state index contributed by atoms with van der Waals surface area (Å²) < 4.78 is 46.7. The number of benzene rings is 2. The molecule has 0 amide bonds. The van der Waals surface area contributed by atoms with Crippen molar-refractivity contribution in [2.45, 2.75) is 36.5 Å². The molecule has 0 N–H and O–H groups in total. The predicted octanol–water partition coefficient (Wildman–Crippen LogP) is 3.72. The first-order valence-electron chi connectivity index (χ1n) is 9.05. The molecule has 0 spiro atoms. The van der Waals surface area contributed by atoms with Crippen LogP contribution in [0, 0.1) is 5.82 Å². The lowest BCUT2D eigenvalue weighted by Crippen LogP contribution is -2.34. The van der Waals surface area contributed by atoms with E-state index in [1.54, 1.807) is 34.6 Å². The van der Waals surface area contributed by atoms with E-state index in [4.69, 9.17) is 4.74 Å². The fraction of sp³-hybridized carbons (Fsp3) is 0.400. The third-order valence-electron chi connectivity index (χ3n) is 5.27. The average molecular weight is 375 g/mol. The maximum absolute atomic E-state index is 13.2. The molecule has 0 radical (unpaired) electrons. The van der Waals surface area contributed by atoms with Crippen LogP contribution in [0.1, 0.15) is 36.3 Å². The maximum Gasteiger partial charge on any atom is 0.243 e. The van der Waals surface area contributed by atoms with Crippen LogP contribution in [-0.4, -0.2) is 32.4 Å².